The zero-order chi connectivity index (χ0) is 11.3. The maximum absolute atomic E-state index is 5.88. The number of hydrogen-bond acceptors (Lipinski definition) is 4. The number of anilines is 1. The number of nitrogens with zero attached hydrogens (tertiary/aromatic N) is 2. The number of rotatable bonds is 5. The molecule has 1 aromatic heterocycles. The van der Waals surface area contributed by atoms with Crippen LogP contribution in [0, 0.1) is 0 Å². The topological polar surface area (TPSA) is 51.4 Å². The highest BCUT2D eigenvalue weighted by Gasteiger charge is 2.10. The van der Waals surface area contributed by atoms with E-state index in [1.165, 1.54) is 0 Å². The summed E-state index contributed by atoms with van der Waals surface area (Å²) < 4.78 is 5.03. The first-order chi connectivity index (χ1) is 7.16. The molecule has 0 unspecified atom stereocenters. The molecule has 0 amide bonds. The quantitative estimate of drug-likeness (QED) is 0.791. The first kappa shape index (κ1) is 11.9. The maximum Gasteiger partial charge on any atom is 0.133 e. The van der Waals surface area contributed by atoms with E-state index in [9.17, 15) is 0 Å². The van der Waals surface area contributed by atoms with Crippen molar-refractivity contribution in [2.24, 2.45) is 5.73 Å². The Labute approximate surface area is 91.1 Å². The summed E-state index contributed by atoms with van der Waals surface area (Å²) in [6.45, 7) is 3.46. The van der Waals surface area contributed by atoms with Gasteiger partial charge in [-0.05, 0) is 13.0 Å². The number of hydrogen-bond donors (Lipinski definition) is 1. The van der Waals surface area contributed by atoms with E-state index in [0.29, 0.717) is 6.61 Å². The Morgan fingerprint density at radius 1 is 1.60 bits per heavy atom. The molecule has 4 nitrogen and oxygen atoms in total. The standard InChI is InChI=1S/C11H19N3O/c1-9(12)10-5-4-6-13-11(10)14(2)7-8-15-3/h4-6,9H,7-8,12H2,1-3H3/t9-/m1/s1. The van der Waals surface area contributed by atoms with Crippen LogP contribution in [0.1, 0.15) is 18.5 Å². The molecule has 4 heteroatoms. The Morgan fingerprint density at radius 2 is 2.33 bits per heavy atom. The third-order valence-electron chi connectivity index (χ3n) is 2.30. The van der Waals surface area contributed by atoms with Gasteiger partial charge in [-0.1, -0.05) is 6.07 Å². The van der Waals surface area contributed by atoms with Crippen molar-refractivity contribution in [3.8, 4) is 0 Å². The van der Waals surface area contributed by atoms with Crippen molar-refractivity contribution in [2.75, 3.05) is 32.2 Å². The first-order valence-electron chi connectivity index (χ1n) is 5.07. The van der Waals surface area contributed by atoms with Gasteiger partial charge in [-0.3, -0.25) is 0 Å². The maximum atomic E-state index is 5.88. The molecular weight excluding hydrogens is 190 g/mol. The van der Waals surface area contributed by atoms with Crippen molar-refractivity contribution in [2.45, 2.75) is 13.0 Å². The van der Waals surface area contributed by atoms with Crippen molar-refractivity contribution in [3.05, 3.63) is 23.9 Å². The summed E-state index contributed by atoms with van der Waals surface area (Å²) in [5.74, 6) is 0.935. The molecule has 0 saturated carbocycles. The Balaban J connectivity index is 2.82. The largest absolute Gasteiger partial charge is 0.383 e. The van der Waals surface area contributed by atoms with Crippen molar-refractivity contribution >= 4 is 5.82 Å². The van der Waals surface area contributed by atoms with E-state index >= 15 is 0 Å². The molecule has 0 fully saturated rings. The summed E-state index contributed by atoms with van der Waals surface area (Å²) >= 11 is 0. The first-order valence-corrected chi connectivity index (χ1v) is 5.07. The zero-order valence-electron chi connectivity index (χ0n) is 9.60. The Bertz CT molecular complexity index is 302. The Kier molecular flexibility index (Phi) is 4.52. The number of pyridine rings is 1. The molecule has 0 saturated heterocycles. The van der Waals surface area contributed by atoms with Crippen LogP contribution in [0.4, 0.5) is 5.82 Å². The van der Waals surface area contributed by atoms with Gasteiger partial charge in [0, 0.05) is 38.5 Å². The average Bonchev–Trinajstić information content (AvgIpc) is 2.25. The molecule has 0 aliphatic rings. The van der Waals surface area contributed by atoms with Crippen molar-refractivity contribution in [3.63, 3.8) is 0 Å². The predicted molar refractivity (Wildman–Crippen MR) is 62.0 cm³/mol. The van der Waals surface area contributed by atoms with Crippen LogP contribution >= 0.6 is 0 Å². The van der Waals surface area contributed by atoms with E-state index in [1.807, 2.05) is 26.1 Å². The third-order valence-corrected chi connectivity index (χ3v) is 2.30. The number of methoxy groups -OCH3 is 1. The van der Waals surface area contributed by atoms with Crippen molar-refractivity contribution in [1.82, 2.24) is 4.98 Å². The number of likely N-dealkylation sites (N-methyl/N-ethyl adjacent to an activating group) is 1. The van der Waals surface area contributed by atoms with Gasteiger partial charge in [0.05, 0.1) is 6.61 Å². The summed E-state index contributed by atoms with van der Waals surface area (Å²) in [6, 6.07) is 3.92. The monoisotopic (exact) mass is 209 g/mol. The van der Waals surface area contributed by atoms with Crippen molar-refractivity contribution in [1.29, 1.82) is 0 Å². The SMILES string of the molecule is COCCN(C)c1ncccc1[C@@H](C)N. The van der Waals surface area contributed by atoms with Crippen LogP contribution in [0.25, 0.3) is 0 Å². The van der Waals surface area contributed by atoms with Gasteiger partial charge >= 0.3 is 0 Å². The summed E-state index contributed by atoms with van der Waals surface area (Å²) in [7, 11) is 3.69. The fourth-order valence-corrected chi connectivity index (χ4v) is 1.42. The summed E-state index contributed by atoms with van der Waals surface area (Å²) in [5, 5.41) is 0. The van der Waals surface area contributed by atoms with E-state index in [-0.39, 0.29) is 6.04 Å². The van der Waals surface area contributed by atoms with Crippen molar-refractivity contribution < 1.29 is 4.74 Å². The molecule has 1 aromatic rings. The smallest absolute Gasteiger partial charge is 0.133 e. The van der Waals surface area contributed by atoms with E-state index in [1.54, 1.807) is 13.3 Å². The molecule has 0 radical (unpaired) electrons. The van der Waals surface area contributed by atoms with E-state index in [4.69, 9.17) is 10.5 Å². The summed E-state index contributed by atoms with van der Waals surface area (Å²) in [4.78, 5) is 6.40. The van der Waals surface area contributed by atoms with Crippen LogP contribution in [0.5, 0.6) is 0 Å². The molecule has 0 aliphatic carbocycles. The third kappa shape index (κ3) is 3.18. The van der Waals surface area contributed by atoms with Gasteiger partial charge in [-0.2, -0.15) is 0 Å². The lowest BCUT2D eigenvalue weighted by atomic mass is 10.1. The Hall–Kier alpha value is -1.13. The second-order valence-electron chi connectivity index (χ2n) is 3.62. The molecule has 0 bridgehead atoms. The molecule has 1 atom stereocenters. The lowest BCUT2D eigenvalue weighted by Gasteiger charge is -2.21. The Morgan fingerprint density at radius 3 is 2.93 bits per heavy atom. The summed E-state index contributed by atoms with van der Waals surface area (Å²) in [5.41, 5.74) is 6.95. The molecule has 0 aromatic carbocycles. The molecule has 2 N–H and O–H groups in total. The fraction of sp³-hybridized carbons (Fsp3) is 0.545. The van der Waals surface area contributed by atoms with Crippen LogP contribution in [-0.2, 0) is 4.74 Å². The minimum Gasteiger partial charge on any atom is -0.383 e. The molecular formula is C11H19N3O. The van der Waals surface area contributed by atoms with Crippen LogP contribution in [0.2, 0.25) is 0 Å². The van der Waals surface area contributed by atoms with Gasteiger partial charge in [0.2, 0.25) is 0 Å². The van der Waals surface area contributed by atoms with Crippen LogP contribution < -0.4 is 10.6 Å². The minimum atomic E-state index is -0.00121. The number of aromatic nitrogens is 1. The highest BCUT2D eigenvalue weighted by Crippen LogP contribution is 2.20. The van der Waals surface area contributed by atoms with Gasteiger partial charge < -0.3 is 15.4 Å². The number of nitrogens with two attached hydrogens (primary N) is 1. The average molecular weight is 209 g/mol. The highest BCUT2D eigenvalue weighted by atomic mass is 16.5. The molecule has 0 spiro atoms. The second kappa shape index (κ2) is 5.68. The van der Waals surface area contributed by atoms with Gasteiger partial charge in [0.15, 0.2) is 0 Å². The van der Waals surface area contributed by atoms with E-state index in [0.717, 1.165) is 17.9 Å². The highest BCUT2D eigenvalue weighted by molar-refractivity contribution is 5.47. The van der Waals surface area contributed by atoms with Crippen LogP contribution in [0.3, 0.4) is 0 Å². The molecule has 84 valence electrons. The van der Waals surface area contributed by atoms with Gasteiger partial charge in [-0.15, -0.1) is 0 Å². The second-order valence-corrected chi connectivity index (χ2v) is 3.62. The lowest BCUT2D eigenvalue weighted by molar-refractivity contribution is 0.206. The summed E-state index contributed by atoms with van der Waals surface area (Å²) in [6.07, 6.45) is 1.78. The van der Waals surface area contributed by atoms with Gasteiger partial charge in [0.25, 0.3) is 0 Å². The molecule has 1 rings (SSSR count). The normalized spacial score (nSPS) is 12.5. The predicted octanol–water partition coefficient (Wildman–Crippen LogP) is 1.18. The zero-order valence-corrected chi connectivity index (χ0v) is 9.60. The molecule has 15 heavy (non-hydrogen) atoms. The van der Waals surface area contributed by atoms with Crippen LogP contribution in [0.15, 0.2) is 18.3 Å². The van der Waals surface area contributed by atoms with Crippen LogP contribution in [-0.4, -0.2) is 32.3 Å². The lowest BCUT2D eigenvalue weighted by Crippen LogP contribution is -2.25. The minimum absolute atomic E-state index is 0.00121. The van der Waals surface area contributed by atoms with E-state index < -0.39 is 0 Å². The molecule has 0 aliphatic heterocycles. The fourth-order valence-electron chi connectivity index (χ4n) is 1.42. The van der Waals surface area contributed by atoms with Gasteiger partial charge in [0.1, 0.15) is 5.82 Å². The number of ether oxygens (including phenoxy) is 1. The van der Waals surface area contributed by atoms with E-state index in [2.05, 4.69) is 9.88 Å². The van der Waals surface area contributed by atoms with Gasteiger partial charge in [-0.25, -0.2) is 4.98 Å². The molecule has 1 heterocycles.